The van der Waals surface area contributed by atoms with Gasteiger partial charge in [0.25, 0.3) is 0 Å². The summed E-state index contributed by atoms with van der Waals surface area (Å²) in [5.74, 6) is 0.300. The number of benzene rings is 1. The van der Waals surface area contributed by atoms with Gasteiger partial charge in [0.15, 0.2) is 0 Å². The second-order valence-electron chi connectivity index (χ2n) is 3.92. The molecule has 0 amide bonds. The van der Waals surface area contributed by atoms with Crippen LogP contribution < -0.4 is 10.1 Å². The number of aryl methyl sites for hydroxylation is 1. The van der Waals surface area contributed by atoms with Crippen molar-refractivity contribution in [3.8, 4) is 5.75 Å². The van der Waals surface area contributed by atoms with E-state index in [1.807, 2.05) is 13.0 Å². The number of hydrogen-bond acceptors (Lipinski definition) is 4. The first kappa shape index (κ1) is 14.6. The fourth-order valence-corrected chi connectivity index (χ4v) is 1.66. The number of anilines is 1. The van der Waals surface area contributed by atoms with E-state index in [1.54, 1.807) is 27.0 Å². The van der Waals surface area contributed by atoms with Crippen LogP contribution in [-0.2, 0) is 9.53 Å². The number of carbonyl (C=O) groups is 1. The maximum absolute atomic E-state index is 11.5. The van der Waals surface area contributed by atoms with Crippen molar-refractivity contribution in [2.24, 2.45) is 0 Å². The fraction of sp³-hybridized carbons (Fsp3) is 0.462. The number of carbonyl (C=O) groups excluding carboxylic acids is 1. The first-order valence-electron chi connectivity index (χ1n) is 5.76. The Balaban J connectivity index is 2.89. The van der Waals surface area contributed by atoms with E-state index in [9.17, 15) is 4.79 Å². The summed E-state index contributed by atoms with van der Waals surface area (Å²) >= 11 is 6.01. The third-order valence-electron chi connectivity index (χ3n) is 2.49. The molecule has 0 saturated heterocycles. The van der Waals surface area contributed by atoms with Crippen molar-refractivity contribution < 1.29 is 14.3 Å². The van der Waals surface area contributed by atoms with Crippen LogP contribution in [0.25, 0.3) is 0 Å². The fourth-order valence-electron chi connectivity index (χ4n) is 1.50. The minimum Gasteiger partial charge on any atom is -0.495 e. The average molecular weight is 272 g/mol. The molecule has 1 unspecified atom stereocenters. The first-order chi connectivity index (χ1) is 8.49. The Morgan fingerprint density at radius 1 is 1.50 bits per heavy atom. The molecule has 18 heavy (non-hydrogen) atoms. The van der Waals surface area contributed by atoms with Gasteiger partial charge in [-0.2, -0.15) is 0 Å². The van der Waals surface area contributed by atoms with Crippen LogP contribution in [0.5, 0.6) is 5.75 Å². The van der Waals surface area contributed by atoms with Crippen molar-refractivity contribution >= 4 is 23.3 Å². The first-order valence-corrected chi connectivity index (χ1v) is 6.14. The van der Waals surface area contributed by atoms with E-state index in [0.29, 0.717) is 17.4 Å². The van der Waals surface area contributed by atoms with Crippen LogP contribution in [-0.4, -0.2) is 25.7 Å². The Morgan fingerprint density at radius 3 is 2.72 bits per heavy atom. The zero-order chi connectivity index (χ0) is 13.7. The molecule has 0 aliphatic heterocycles. The summed E-state index contributed by atoms with van der Waals surface area (Å²) in [6.07, 6.45) is 0. The van der Waals surface area contributed by atoms with Crippen LogP contribution in [0.4, 0.5) is 5.69 Å². The zero-order valence-corrected chi connectivity index (χ0v) is 11.8. The molecule has 1 aromatic carbocycles. The monoisotopic (exact) mass is 271 g/mol. The number of hydrogen-bond donors (Lipinski definition) is 1. The minimum atomic E-state index is -0.445. The quantitative estimate of drug-likeness (QED) is 0.837. The standard InChI is InChI=1S/C13H18ClNO3/c1-5-18-13(16)9(3)15-11-6-8(2)10(14)7-12(11)17-4/h6-7,9,15H,5H2,1-4H3. The van der Waals surface area contributed by atoms with Crippen molar-refractivity contribution in [2.75, 3.05) is 19.0 Å². The van der Waals surface area contributed by atoms with Gasteiger partial charge in [-0.05, 0) is 32.4 Å². The largest absolute Gasteiger partial charge is 0.495 e. The number of esters is 1. The molecule has 1 rings (SSSR count). The molecule has 100 valence electrons. The van der Waals surface area contributed by atoms with E-state index in [4.69, 9.17) is 21.1 Å². The maximum Gasteiger partial charge on any atom is 0.328 e. The summed E-state index contributed by atoms with van der Waals surface area (Å²) in [6, 6.07) is 3.12. The van der Waals surface area contributed by atoms with Gasteiger partial charge < -0.3 is 14.8 Å². The Labute approximate surface area is 112 Å². The molecule has 0 radical (unpaired) electrons. The Hall–Kier alpha value is -1.42. The van der Waals surface area contributed by atoms with Crippen molar-refractivity contribution in [1.82, 2.24) is 0 Å². The molecule has 0 aromatic heterocycles. The van der Waals surface area contributed by atoms with Crippen LogP contribution in [0.2, 0.25) is 5.02 Å². The molecule has 0 bridgehead atoms. The van der Waals surface area contributed by atoms with Gasteiger partial charge in [-0.3, -0.25) is 0 Å². The van der Waals surface area contributed by atoms with Gasteiger partial charge in [0.1, 0.15) is 11.8 Å². The molecular weight excluding hydrogens is 254 g/mol. The number of methoxy groups -OCH3 is 1. The van der Waals surface area contributed by atoms with Gasteiger partial charge in [-0.1, -0.05) is 11.6 Å². The van der Waals surface area contributed by atoms with Gasteiger partial charge >= 0.3 is 5.97 Å². The van der Waals surface area contributed by atoms with Crippen LogP contribution >= 0.6 is 11.6 Å². The summed E-state index contributed by atoms with van der Waals surface area (Å²) in [6.45, 7) is 5.77. The lowest BCUT2D eigenvalue weighted by atomic mass is 10.2. The molecule has 1 atom stereocenters. The minimum absolute atomic E-state index is 0.299. The van der Waals surface area contributed by atoms with Gasteiger partial charge in [0.2, 0.25) is 0 Å². The highest BCUT2D eigenvalue weighted by molar-refractivity contribution is 6.31. The lowest BCUT2D eigenvalue weighted by molar-refractivity contribution is -0.143. The van der Waals surface area contributed by atoms with E-state index in [1.165, 1.54) is 0 Å². The van der Waals surface area contributed by atoms with Crippen LogP contribution in [0, 0.1) is 6.92 Å². The van der Waals surface area contributed by atoms with E-state index < -0.39 is 6.04 Å². The molecule has 1 N–H and O–H groups in total. The molecule has 4 nitrogen and oxygen atoms in total. The van der Waals surface area contributed by atoms with Gasteiger partial charge in [0, 0.05) is 11.1 Å². The van der Waals surface area contributed by atoms with Crippen molar-refractivity contribution in [1.29, 1.82) is 0 Å². The summed E-state index contributed by atoms with van der Waals surface area (Å²) in [4.78, 5) is 11.5. The maximum atomic E-state index is 11.5. The highest BCUT2D eigenvalue weighted by Gasteiger charge is 2.16. The second kappa shape index (κ2) is 6.50. The lowest BCUT2D eigenvalue weighted by Crippen LogP contribution is -2.28. The smallest absolute Gasteiger partial charge is 0.328 e. The normalized spacial score (nSPS) is 11.8. The summed E-state index contributed by atoms with van der Waals surface area (Å²) in [5, 5.41) is 3.68. The molecule has 5 heteroatoms. The van der Waals surface area contributed by atoms with E-state index in [0.717, 1.165) is 11.3 Å². The van der Waals surface area contributed by atoms with Crippen LogP contribution in [0.3, 0.4) is 0 Å². The average Bonchev–Trinajstić information content (AvgIpc) is 2.33. The zero-order valence-electron chi connectivity index (χ0n) is 11.0. The van der Waals surface area contributed by atoms with Gasteiger partial charge in [-0.15, -0.1) is 0 Å². The summed E-state index contributed by atoms with van der Waals surface area (Å²) in [7, 11) is 1.56. The van der Waals surface area contributed by atoms with Crippen LogP contribution in [0.15, 0.2) is 12.1 Å². The summed E-state index contributed by atoms with van der Waals surface area (Å²) < 4.78 is 10.2. The molecule has 0 saturated carbocycles. The predicted molar refractivity (Wildman–Crippen MR) is 72.5 cm³/mol. The molecule has 1 aromatic rings. The lowest BCUT2D eigenvalue weighted by Gasteiger charge is -2.17. The Kier molecular flexibility index (Phi) is 5.28. The highest BCUT2D eigenvalue weighted by atomic mass is 35.5. The van der Waals surface area contributed by atoms with E-state index in [2.05, 4.69) is 5.32 Å². The van der Waals surface area contributed by atoms with E-state index in [-0.39, 0.29) is 5.97 Å². The van der Waals surface area contributed by atoms with Gasteiger partial charge in [0.05, 0.1) is 19.4 Å². The van der Waals surface area contributed by atoms with Gasteiger partial charge in [-0.25, -0.2) is 4.79 Å². The SMILES string of the molecule is CCOC(=O)C(C)Nc1cc(C)c(Cl)cc1OC. The molecule has 0 heterocycles. The molecule has 0 spiro atoms. The number of halogens is 1. The van der Waals surface area contributed by atoms with Crippen molar-refractivity contribution in [3.05, 3.63) is 22.7 Å². The van der Waals surface area contributed by atoms with E-state index >= 15 is 0 Å². The molecular formula is C13H18ClNO3. The number of nitrogens with one attached hydrogen (secondary N) is 1. The molecule has 0 fully saturated rings. The van der Waals surface area contributed by atoms with Crippen molar-refractivity contribution in [2.45, 2.75) is 26.8 Å². The van der Waals surface area contributed by atoms with Crippen molar-refractivity contribution in [3.63, 3.8) is 0 Å². The summed E-state index contributed by atoms with van der Waals surface area (Å²) in [5.41, 5.74) is 1.64. The highest BCUT2D eigenvalue weighted by Crippen LogP contribution is 2.31. The number of rotatable bonds is 5. The third-order valence-corrected chi connectivity index (χ3v) is 2.90. The second-order valence-corrected chi connectivity index (χ2v) is 4.33. The number of ether oxygens (including phenoxy) is 2. The predicted octanol–water partition coefficient (Wildman–Crippen LogP) is 3.02. The van der Waals surface area contributed by atoms with Crippen LogP contribution in [0.1, 0.15) is 19.4 Å². The Bertz CT molecular complexity index is 434. The third kappa shape index (κ3) is 3.53. The molecule has 0 aliphatic rings. The Morgan fingerprint density at radius 2 is 2.17 bits per heavy atom. The topological polar surface area (TPSA) is 47.6 Å². The molecule has 0 aliphatic carbocycles.